The Morgan fingerprint density at radius 1 is 1.00 bits per heavy atom. The number of benzene rings is 2. The first-order chi connectivity index (χ1) is 14.1. The number of amides is 2. The van der Waals surface area contributed by atoms with Gasteiger partial charge in [-0.2, -0.15) is 0 Å². The van der Waals surface area contributed by atoms with Gasteiger partial charge in [0.05, 0.1) is 4.92 Å². The van der Waals surface area contributed by atoms with Crippen molar-refractivity contribution in [1.29, 1.82) is 0 Å². The molecule has 0 spiro atoms. The van der Waals surface area contributed by atoms with Crippen molar-refractivity contribution in [2.75, 3.05) is 13.2 Å². The molecule has 2 rings (SSSR count). The fourth-order valence-electron chi connectivity index (χ4n) is 2.41. The number of esters is 1. The van der Waals surface area contributed by atoms with E-state index >= 15 is 0 Å². The zero-order valence-corrected chi connectivity index (χ0v) is 16.8. The van der Waals surface area contributed by atoms with E-state index < -0.39 is 35.9 Å². The van der Waals surface area contributed by atoms with Crippen LogP contribution >= 0.6 is 0 Å². The summed E-state index contributed by atoms with van der Waals surface area (Å²) < 4.78 is 9.80. The number of imide groups is 1. The van der Waals surface area contributed by atoms with Crippen molar-refractivity contribution in [3.05, 3.63) is 69.8 Å². The first-order valence-electron chi connectivity index (χ1n) is 9.04. The molecule has 0 aliphatic rings. The zero-order valence-electron chi connectivity index (χ0n) is 16.8. The molecule has 0 unspecified atom stereocenters. The number of ether oxygens (including phenoxy) is 2. The van der Waals surface area contributed by atoms with Gasteiger partial charge in [-0.1, -0.05) is 45.0 Å². The lowest BCUT2D eigenvalue weighted by Crippen LogP contribution is -2.34. The number of nitrogens with zero attached hydrogens (tertiary/aromatic N) is 1. The van der Waals surface area contributed by atoms with Gasteiger partial charge in [-0.05, 0) is 29.2 Å². The minimum Gasteiger partial charge on any atom is -0.475 e. The molecule has 0 bridgehead atoms. The molecule has 1 N–H and O–H groups in total. The molecular weight excluding hydrogens is 392 g/mol. The third-order valence-electron chi connectivity index (χ3n) is 4.04. The van der Waals surface area contributed by atoms with Crippen molar-refractivity contribution >= 4 is 23.5 Å². The van der Waals surface area contributed by atoms with Crippen LogP contribution in [0, 0.1) is 10.1 Å². The van der Waals surface area contributed by atoms with Crippen LogP contribution in [0.5, 0.6) is 5.75 Å². The number of carbonyl (C=O) groups excluding carboxylic acids is 3. The predicted octanol–water partition coefficient (Wildman–Crippen LogP) is 2.77. The number of nitrogens with one attached hydrogen (secondary N) is 1. The molecule has 0 saturated carbocycles. The zero-order chi connectivity index (χ0) is 22.3. The Morgan fingerprint density at radius 2 is 1.63 bits per heavy atom. The summed E-state index contributed by atoms with van der Waals surface area (Å²) in [6.07, 6.45) is 0. The lowest BCUT2D eigenvalue weighted by atomic mass is 9.87. The Labute approximate surface area is 173 Å². The lowest BCUT2D eigenvalue weighted by Gasteiger charge is -2.19. The molecule has 0 radical (unpaired) electrons. The second kappa shape index (κ2) is 9.64. The highest BCUT2D eigenvalue weighted by molar-refractivity contribution is 6.05. The maximum absolute atomic E-state index is 12.1. The van der Waals surface area contributed by atoms with Crippen molar-refractivity contribution in [2.24, 2.45) is 0 Å². The summed E-state index contributed by atoms with van der Waals surface area (Å²) >= 11 is 0. The van der Waals surface area contributed by atoms with Gasteiger partial charge in [0.2, 0.25) is 0 Å². The fraction of sp³-hybridized carbons (Fsp3) is 0.286. The van der Waals surface area contributed by atoms with Crippen molar-refractivity contribution in [3.8, 4) is 5.75 Å². The van der Waals surface area contributed by atoms with Gasteiger partial charge in [-0.15, -0.1) is 0 Å². The maximum Gasteiger partial charge on any atom is 0.344 e. The molecule has 30 heavy (non-hydrogen) atoms. The summed E-state index contributed by atoms with van der Waals surface area (Å²) in [5.74, 6) is -2.44. The van der Waals surface area contributed by atoms with E-state index in [1.807, 2.05) is 20.8 Å². The van der Waals surface area contributed by atoms with Gasteiger partial charge < -0.3 is 9.47 Å². The number of para-hydroxylation sites is 2. The minimum absolute atomic E-state index is 0.0682. The molecule has 2 aromatic carbocycles. The molecule has 0 aromatic heterocycles. The smallest absolute Gasteiger partial charge is 0.344 e. The molecular formula is C21H22N2O7. The number of nitro benzene ring substituents is 1. The summed E-state index contributed by atoms with van der Waals surface area (Å²) in [6.45, 7) is 4.81. The normalized spacial score (nSPS) is 10.8. The van der Waals surface area contributed by atoms with Crippen molar-refractivity contribution in [1.82, 2.24) is 5.32 Å². The maximum atomic E-state index is 12.1. The van der Waals surface area contributed by atoms with Crippen LogP contribution in [0.15, 0.2) is 48.5 Å². The van der Waals surface area contributed by atoms with Crippen molar-refractivity contribution in [2.45, 2.75) is 26.2 Å². The third kappa shape index (κ3) is 6.40. The second-order valence-corrected chi connectivity index (χ2v) is 7.38. The average Bonchev–Trinajstić information content (AvgIpc) is 2.70. The molecule has 9 nitrogen and oxygen atoms in total. The van der Waals surface area contributed by atoms with Crippen LogP contribution in [0.25, 0.3) is 0 Å². The van der Waals surface area contributed by atoms with E-state index in [-0.39, 0.29) is 16.9 Å². The summed E-state index contributed by atoms with van der Waals surface area (Å²) in [6, 6.07) is 12.4. The van der Waals surface area contributed by atoms with E-state index in [2.05, 4.69) is 5.32 Å². The second-order valence-electron chi connectivity index (χ2n) is 7.38. The first-order valence-corrected chi connectivity index (χ1v) is 9.04. The van der Waals surface area contributed by atoms with E-state index in [4.69, 9.17) is 9.47 Å². The molecule has 0 saturated heterocycles. The van der Waals surface area contributed by atoms with E-state index in [0.29, 0.717) is 5.56 Å². The number of hydrogen-bond donors (Lipinski definition) is 1. The quantitative estimate of drug-likeness (QED) is 0.419. The van der Waals surface area contributed by atoms with E-state index in [0.717, 1.165) is 5.56 Å². The van der Waals surface area contributed by atoms with Crippen LogP contribution in [-0.2, 0) is 19.7 Å². The van der Waals surface area contributed by atoms with Crippen LogP contribution in [0.3, 0.4) is 0 Å². The van der Waals surface area contributed by atoms with Gasteiger partial charge in [0, 0.05) is 11.6 Å². The summed E-state index contributed by atoms with van der Waals surface area (Å²) in [4.78, 5) is 45.9. The molecule has 0 aliphatic heterocycles. The fourth-order valence-corrected chi connectivity index (χ4v) is 2.41. The summed E-state index contributed by atoms with van der Waals surface area (Å²) in [5, 5.41) is 13.0. The molecule has 158 valence electrons. The highest BCUT2D eigenvalue weighted by Gasteiger charge is 2.18. The van der Waals surface area contributed by atoms with Gasteiger partial charge in [-0.25, -0.2) is 4.79 Å². The van der Waals surface area contributed by atoms with Gasteiger partial charge >= 0.3 is 11.7 Å². The highest BCUT2D eigenvalue weighted by Crippen LogP contribution is 2.25. The molecule has 2 amide bonds. The number of nitro groups is 1. The molecule has 0 fully saturated rings. The summed E-state index contributed by atoms with van der Waals surface area (Å²) in [7, 11) is 0. The van der Waals surface area contributed by atoms with Gasteiger partial charge in [-0.3, -0.25) is 25.0 Å². The largest absolute Gasteiger partial charge is 0.475 e. The van der Waals surface area contributed by atoms with Crippen molar-refractivity contribution < 1.29 is 28.8 Å². The molecule has 0 aliphatic carbocycles. The first kappa shape index (κ1) is 22.5. The predicted molar refractivity (Wildman–Crippen MR) is 107 cm³/mol. The summed E-state index contributed by atoms with van der Waals surface area (Å²) in [5.41, 5.74) is 0.966. The van der Waals surface area contributed by atoms with Crippen LogP contribution in [0.4, 0.5) is 5.69 Å². The highest BCUT2D eigenvalue weighted by atomic mass is 16.6. The number of carbonyl (C=O) groups is 3. The topological polar surface area (TPSA) is 125 Å². The van der Waals surface area contributed by atoms with Gasteiger partial charge in [0.25, 0.3) is 11.8 Å². The van der Waals surface area contributed by atoms with Gasteiger partial charge in [0.1, 0.15) is 0 Å². The Bertz CT molecular complexity index is 947. The van der Waals surface area contributed by atoms with Crippen molar-refractivity contribution in [3.63, 3.8) is 0 Å². The molecule has 9 heteroatoms. The standard InChI is InChI=1S/C21H22N2O7/c1-21(2,3)15-10-8-14(9-11-15)20(26)22-18(24)12-30-19(25)13-29-17-7-5-4-6-16(17)23(27)28/h4-11H,12-13H2,1-3H3,(H,22,24,26). The molecule has 2 aromatic rings. The number of rotatable bonds is 7. The monoisotopic (exact) mass is 414 g/mol. The lowest BCUT2D eigenvalue weighted by molar-refractivity contribution is -0.385. The van der Waals surface area contributed by atoms with Gasteiger partial charge in [0.15, 0.2) is 19.0 Å². The molecule has 0 atom stereocenters. The Kier molecular flexibility index (Phi) is 7.24. The van der Waals surface area contributed by atoms with Crippen LogP contribution in [-0.4, -0.2) is 35.9 Å². The average molecular weight is 414 g/mol. The Hall–Kier alpha value is -3.75. The van der Waals surface area contributed by atoms with E-state index in [1.54, 1.807) is 24.3 Å². The van der Waals surface area contributed by atoms with Crippen LogP contribution in [0.1, 0.15) is 36.7 Å². The van der Waals surface area contributed by atoms with Crippen LogP contribution < -0.4 is 10.1 Å². The van der Waals surface area contributed by atoms with Crippen LogP contribution in [0.2, 0.25) is 0 Å². The SMILES string of the molecule is CC(C)(C)c1ccc(C(=O)NC(=O)COC(=O)COc2ccccc2[N+](=O)[O-])cc1. The Balaban J connectivity index is 1.81. The van der Waals surface area contributed by atoms with E-state index in [1.165, 1.54) is 24.3 Å². The molecule has 0 heterocycles. The number of hydrogen-bond acceptors (Lipinski definition) is 7. The Morgan fingerprint density at radius 3 is 2.23 bits per heavy atom. The minimum atomic E-state index is -0.912. The third-order valence-corrected chi connectivity index (χ3v) is 4.04. The van der Waals surface area contributed by atoms with E-state index in [9.17, 15) is 24.5 Å².